The molecule has 0 amide bonds. The third-order valence-electron chi connectivity index (χ3n) is 3.69. The van der Waals surface area contributed by atoms with E-state index in [-0.39, 0.29) is 0 Å². The van der Waals surface area contributed by atoms with Crippen LogP contribution in [0, 0.1) is 0 Å². The van der Waals surface area contributed by atoms with Crippen molar-refractivity contribution in [2.24, 2.45) is 0 Å². The molecule has 0 radical (unpaired) electrons. The predicted octanol–water partition coefficient (Wildman–Crippen LogP) is 2.36. The molecular weight excluding hydrogens is 290 g/mol. The fourth-order valence-corrected chi connectivity index (χ4v) is 3.45. The smallest absolute Gasteiger partial charge is 0.0775 e. The fourth-order valence-electron chi connectivity index (χ4n) is 2.28. The third-order valence-corrected chi connectivity index (χ3v) is 5.75. The van der Waals surface area contributed by atoms with E-state index in [0.29, 0.717) is 6.61 Å². The maximum atomic E-state index is 5.05. The number of nitrogens with zero attached hydrogens (tertiary/aromatic N) is 2. The van der Waals surface area contributed by atoms with Gasteiger partial charge in [-0.25, -0.2) is 0 Å². The average molecular weight is 318 g/mol. The number of aromatic nitrogens is 2. The van der Waals surface area contributed by atoms with Gasteiger partial charge in [0.25, 0.3) is 0 Å². The molecule has 0 fully saturated rings. The van der Waals surface area contributed by atoms with Gasteiger partial charge in [0.2, 0.25) is 0 Å². The van der Waals surface area contributed by atoms with Crippen molar-refractivity contribution in [1.82, 2.24) is 15.1 Å². The van der Waals surface area contributed by atoms with Crippen LogP contribution in [0.3, 0.4) is 0 Å². The average Bonchev–Trinajstić information content (AvgIpc) is 2.92. The number of hydrogen-bond acceptors (Lipinski definition) is 3. The minimum absolute atomic E-state index is 0.692. The van der Waals surface area contributed by atoms with E-state index in [0.717, 1.165) is 19.6 Å². The van der Waals surface area contributed by atoms with Gasteiger partial charge in [-0.3, -0.25) is 4.68 Å². The van der Waals surface area contributed by atoms with Gasteiger partial charge in [0, 0.05) is 32.0 Å². The summed E-state index contributed by atoms with van der Waals surface area (Å²) in [5, 5.41) is 9.30. The van der Waals surface area contributed by atoms with Crippen molar-refractivity contribution >= 4 is 13.3 Å². The second kappa shape index (κ2) is 7.72. The van der Waals surface area contributed by atoms with Crippen LogP contribution in [0.4, 0.5) is 0 Å². The Bertz CT molecular complexity index is 572. The Hall–Kier alpha value is -1.43. The minimum Gasteiger partial charge on any atom is -0.383 e. The van der Waals surface area contributed by atoms with Crippen LogP contribution in [0.2, 0.25) is 19.6 Å². The summed E-state index contributed by atoms with van der Waals surface area (Å²) in [6.45, 7) is 10.3. The predicted molar refractivity (Wildman–Crippen MR) is 94.1 cm³/mol. The second-order valence-corrected chi connectivity index (χ2v) is 11.7. The summed E-state index contributed by atoms with van der Waals surface area (Å²) in [5.41, 5.74) is 2.53. The molecule has 0 atom stereocenters. The highest BCUT2D eigenvalue weighted by Crippen LogP contribution is 2.05. The monoisotopic (exact) mass is 317 g/mol. The molecule has 0 bridgehead atoms. The summed E-state index contributed by atoms with van der Waals surface area (Å²) in [6.07, 6.45) is 3.98. The number of benzene rings is 1. The first-order valence-electron chi connectivity index (χ1n) is 7.79. The van der Waals surface area contributed by atoms with E-state index in [1.807, 2.05) is 10.9 Å². The zero-order chi connectivity index (χ0) is 16.0. The molecular formula is C17H27N3OSi. The van der Waals surface area contributed by atoms with Crippen molar-refractivity contribution in [3.8, 4) is 0 Å². The van der Waals surface area contributed by atoms with Crippen LogP contribution in [0.15, 0.2) is 36.7 Å². The van der Waals surface area contributed by atoms with Gasteiger partial charge in [0.1, 0.15) is 0 Å². The summed E-state index contributed by atoms with van der Waals surface area (Å²) >= 11 is 0. The molecule has 0 unspecified atom stereocenters. The Morgan fingerprint density at radius 3 is 2.41 bits per heavy atom. The normalized spacial score (nSPS) is 11.8. The first kappa shape index (κ1) is 16.9. The maximum absolute atomic E-state index is 5.05. The molecule has 0 aliphatic carbocycles. The molecule has 1 aromatic heterocycles. The first-order valence-corrected chi connectivity index (χ1v) is 11.3. The molecule has 2 aromatic rings. The quantitative estimate of drug-likeness (QED) is 0.760. The lowest BCUT2D eigenvalue weighted by atomic mass is 10.2. The molecule has 4 nitrogen and oxygen atoms in total. The SMILES string of the molecule is COCCn1cc(CNCc2ccc([Si](C)(C)C)cc2)cn1. The number of methoxy groups -OCH3 is 1. The van der Waals surface area contributed by atoms with Gasteiger partial charge >= 0.3 is 0 Å². The zero-order valence-corrected chi connectivity index (χ0v) is 15.1. The maximum Gasteiger partial charge on any atom is 0.0775 e. The highest BCUT2D eigenvalue weighted by molar-refractivity contribution is 6.88. The van der Waals surface area contributed by atoms with Crippen molar-refractivity contribution in [1.29, 1.82) is 0 Å². The van der Waals surface area contributed by atoms with Crippen molar-refractivity contribution in [3.63, 3.8) is 0 Å². The van der Waals surface area contributed by atoms with Gasteiger partial charge in [-0.05, 0) is 5.56 Å². The Labute approximate surface area is 134 Å². The Balaban J connectivity index is 1.80. The molecule has 120 valence electrons. The van der Waals surface area contributed by atoms with E-state index in [2.05, 4.69) is 60.5 Å². The molecule has 2 rings (SSSR count). The number of ether oxygens (including phenoxy) is 1. The zero-order valence-electron chi connectivity index (χ0n) is 14.1. The van der Waals surface area contributed by atoms with Crippen LogP contribution in [0.1, 0.15) is 11.1 Å². The Morgan fingerprint density at radius 2 is 1.77 bits per heavy atom. The van der Waals surface area contributed by atoms with E-state index in [4.69, 9.17) is 4.74 Å². The molecule has 5 heteroatoms. The van der Waals surface area contributed by atoms with E-state index in [9.17, 15) is 0 Å². The molecule has 1 heterocycles. The van der Waals surface area contributed by atoms with Gasteiger partial charge in [-0.1, -0.05) is 49.1 Å². The lowest BCUT2D eigenvalue weighted by molar-refractivity contribution is 0.183. The fraction of sp³-hybridized carbons (Fsp3) is 0.471. The highest BCUT2D eigenvalue weighted by Gasteiger charge is 2.15. The van der Waals surface area contributed by atoms with Crippen LogP contribution in [-0.4, -0.2) is 31.6 Å². The Kier molecular flexibility index (Phi) is 5.94. The van der Waals surface area contributed by atoms with Crippen LogP contribution >= 0.6 is 0 Å². The summed E-state index contributed by atoms with van der Waals surface area (Å²) in [7, 11) is 0.517. The van der Waals surface area contributed by atoms with Crippen molar-refractivity contribution in [3.05, 3.63) is 47.8 Å². The van der Waals surface area contributed by atoms with Crippen LogP contribution in [-0.2, 0) is 24.4 Å². The number of hydrogen-bond donors (Lipinski definition) is 1. The van der Waals surface area contributed by atoms with Gasteiger partial charge in [0.05, 0.1) is 27.4 Å². The lowest BCUT2D eigenvalue weighted by Crippen LogP contribution is -2.37. The van der Waals surface area contributed by atoms with Crippen molar-refractivity contribution < 1.29 is 4.74 Å². The van der Waals surface area contributed by atoms with Crippen molar-refractivity contribution in [2.75, 3.05) is 13.7 Å². The molecule has 1 aromatic carbocycles. The highest BCUT2D eigenvalue weighted by atomic mass is 28.3. The molecule has 22 heavy (non-hydrogen) atoms. The minimum atomic E-state index is -1.19. The Morgan fingerprint density at radius 1 is 1.09 bits per heavy atom. The second-order valence-electron chi connectivity index (χ2n) is 6.65. The summed E-state index contributed by atoms with van der Waals surface area (Å²) in [4.78, 5) is 0. The van der Waals surface area contributed by atoms with E-state index >= 15 is 0 Å². The van der Waals surface area contributed by atoms with Crippen LogP contribution in [0.25, 0.3) is 0 Å². The van der Waals surface area contributed by atoms with Gasteiger partial charge in [-0.15, -0.1) is 0 Å². The molecule has 1 N–H and O–H groups in total. The largest absolute Gasteiger partial charge is 0.383 e. The van der Waals surface area contributed by atoms with Gasteiger partial charge in [0.15, 0.2) is 0 Å². The van der Waals surface area contributed by atoms with Gasteiger partial charge in [-0.2, -0.15) is 5.10 Å². The topological polar surface area (TPSA) is 39.1 Å². The number of rotatable bonds is 8. The van der Waals surface area contributed by atoms with Gasteiger partial charge < -0.3 is 10.1 Å². The van der Waals surface area contributed by atoms with E-state index < -0.39 is 8.07 Å². The summed E-state index contributed by atoms with van der Waals surface area (Å²) in [5.74, 6) is 0. The lowest BCUT2D eigenvalue weighted by Gasteiger charge is -2.16. The van der Waals surface area contributed by atoms with E-state index in [1.54, 1.807) is 7.11 Å². The molecule has 0 aliphatic rings. The van der Waals surface area contributed by atoms with Crippen LogP contribution < -0.4 is 10.5 Å². The summed E-state index contributed by atoms with van der Waals surface area (Å²) in [6, 6.07) is 9.04. The first-order chi connectivity index (χ1) is 10.5. The molecule has 0 saturated heterocycles. The summed E-state index contributed by atoms with van der Waals surface area (Å²) < 4.78 is 6.97. The number of nitrogens with one attached hydrogen (secondary N) is 1. The van der Waals surface area contributed by atoms with Crippen LogP contribution in [0.5, 0.6) is 0 Å². The molecule has 0 saturated carbocycles. The standard InChI is InChI=1S/C17H27N3OSi/c1-21-10-9-20-14-16(13-19-20)12-18-11-15-5-7-17(8-6-15)22(2,3)4/h5-8,13-14,18H,9-12H2,1-4H3. The van der Waals surface area contributed by atoms with E-state index in [1.165, 1.54) is 16.3 Å². The van der Waals surface area contributed by atoms with Crippen molar-refractivity contribution in [2.45, 2.75) is 39.3 Å². The third kappa shape index (κ3) is 5.09. The molecule has 0 aliphatic heterocycles. The molecule has 0 spiro atoms.